The zero-order valence-electron chi connectivity index (χ0n) is 10.5. The quantitative estimate of drug-likeness (QED) is 0.362. The Kier molecular flexibility index (Phi) is 4.06. The van der Waals surface area contributed by atoms with Gasteiger partial charge in [-0.25, -0.2) is 0 Å². The molecule has 0 bridgehead atoms. The van der Waals surface area contributed by atoms with Crippen molar-refractivity contribution in [2.24, 2.45) is 0 Å². The lowest BCUT2D eigenvalue weighted by atomic mass is 10.3. The fraction of sp³-hybridized carbons (Fsp3) is 0. The van der Waals surface area contributed by atoms with E-state index < -0.39 is 20.2 Å². The van der Waals surface area contributed by atoms with Gasteiger partial charge in [0.2, 0.25) is 0 Å². The fourth-order valence-electron chi connectivity index (χ4n) is 1.82. The van der Waals surface area contributed by atoms with Crippen LogP contribution in [0.15, 0.2) is 46.2 Å². The van der Waals surface area contributed by atoms with Gasteiger partial charge in [0.05, 0.1) is 0 Å². The average molecular weight is 564 g/mol. The van der Waals surface area contributed by atoms with Crippen molar-refractivity contribution < 1.29 is 25.2 Å². The molecule has 0 atom stereocenters. The lowest BCUT2D eigenvalue weighted by Gasteiger charge is -2.18. The first kappa shape index (κ1) is 16.3. The van der Waals surface area contributed by atoms with Crippen molar-refractivity contribution in [3.05, 3.63) is 43.5 Å². The van der Waals surface area contributed by atoms with Crippen LogP contribution in [-0.4, -0.2) is 16.8 Å². The van der Waals surface area contributed by atoms with Crippen LogP contribution < -0.4 is 8.37 Å². The van der Waals surface area contributed by atoms with Crippen LogP contribution in [0.4, 0.5) is 0 Å². The predicted molar refractivity (Wildman–Crippen MR) is 93.9 cm³/mol. The summed E-state index contributed by atoms with van der Waals surface area (Å²) in [5, 5.41) is 0. The molecule has 10 heteroatoms. The summed E-state index contributed by atoms with van der Waals surface area (Å²) in [6, 6.07) is 8.08. The Labute approximate surface area is 154 Å². The highest BCUT2D eigenvalue weighted by Gasteiger charge is 2.33. The third-order valence-corrected chi connectivity index (χ3v) is 8.12. The van der Waals surface area contributed by atoms with Crippen molar-refractivity contribution in [3.8, 4) is 11.5 Å². The molecule has 22 heavy (non-hydrogen) atoms. The number of hydrogen-bond acceptors (Lipinski definition) is 6. The molecular formula is C12H6I2O6S2. The first-order valence-electron chi connectivity index (χ1n) is 5.68. The Morgan fingerprint density at radius 1 is 0.727 bits per heavy atom. The lowest BCUT2D eigenvalue weighted by Crippen LogP contribution is -2.20. The standard InChI is InChI=1S/C12H6I2O6S2/c13-7-5-10-12(6-8(7)14)22(17,18)19-9-3-1-2-4-11(9)21(15,16)20-10/h1-6H. The number of halogens is 2. The Morgan fingerprint density at radius 2 is 1.27 bits per heavy atom. The van der Waals surface area contributed by atoms with Crippen LogP contribution in [0.5, 0.6) is 11.5 Å². The molecule has 0 N–H and O–H groups in total. The maximum Gasteiger partial charge on any atom is 0.343 e. The normalized spacial score (nSPS) is 17.9. The molecule has 0 unspecified atom stereocenters. The van der Waals surface area contributed by atoms with Gasteiger partial charge < -0.3 is 8.37 Å². The molecule has 0 radical (unpaired) electrons. The predicted octanol–water partition coefficient (Wildman–Crippen LogP) is 2.74. The van der Waals surface area contributed by atoms with Gasteiger partial charge in [-0.05, 0) is 69.4 Å². The van der Waals surface area contributed by atoms with Crippen molar-refractivity contribution in [1.29, 1.82) is 0 Å². The number of rotatable bonds is 0. The summed E-state index contributed by atoms with van der Waals surface area (Å²) in [5.74, 6) is -0.568. The average Bonchev–Trinajstić information content (AvgIpc) is 2.41. The van der Waals surface area contributed by atoms with Gasteiger partial charge in [-0.15, -0.1) is 0 Å². The first-order chi connectivity index (χ1) is 10.2. The van der Waals surface area contributed by atoms with Crippen LogP contribution in [-0.2, 0) is 20.2 Å². The van der Waals surface area contributed by atoms with E-state index in [1.807, 2.05) is 45.2 Å². The molecule has 3 rings (SSSR count). The van der Waals surface area contributed by atoms with Crippen LogP contribution in [0.1, 0.15) is 0 Å². The van der Waals surface area contributed by atoms with Crippen molar-refractivity contribution in [3.63, 3.8) is 0 Å². The van der Waals surface area contributed by atoms with Gasteiger partial charge in [0.15, 0.2) is 16.4 Å². The molecule has 0 aromatic heterocycles. The van der Waals surface area contributed by atoms with Crippen LogP contribution in [0.25, 0.3) is 0 Å². The third kappa shape index (κ3) is 2.80. The van der Waals surface area contributed by atoms with Gasteiger partial charge in [-0.3, -0.25) is 0 Å². The van der Waals surface area contributed by atoms with Gasteiger partial charge in [0, 0.05) is 7.14 Å². The van der Waals surface area contributed by atoms with Crippen molar-refractivity contribution >= 4 is 65.4 Å². The number of fused-ring (bicyclic) bond motifs is 2. The molecule has 1 heterocycles. The maximum atomic E-state index is 12.4. The zero-order valence-corrected chi connectivity index (χ0v) is 16.4. The molecule has 0 saturated heterocycles. The highest BCUT2D eigenvalue weighted by Crippen LogP contribution is 2.38. The lowest BCUT2D eigenvalue weighted by molar-refractivity contribution is 0.443. The molecule has 2 aromatic rings. The van der Waals surface area contributed by atoms with E-state index in [0.717, 1.165) is 0 Å². The molecule has 0 amide bonds. The van der Waals surface area contributed by atoms with Crippen molar-refractivity contribution in [1.82, 2.24) is 0 Å². The van der Waals surface area contributed by atoms with Crippen molar-refractivity contribution in [2.45, 2.75) is 9.79 Å². The van der Waals surface area contributed by atoms with E-state index in [4.69, 9.17) is 8.37 Å². The van der Waals surface area contributed by atoms with Gasteiger partial charge >= 0.3 is 20.2 Å². The molecule has 2 aromatic carbocycles. The first-order valence-corrected chi connectivity index (χ1v) is 10.7. The highest BCUT2D eigenvalue weighted by molar-refractivity contribution is 14.1. The summed E-state index contributed by atoms with van der Waals surface area (Å²) in [6.45, 7) is 0. The molecular weight excluding hydrogens is 558 g/mol. The van der Waals surface area contributed by atoms with Gasteiger partial charge in [-0.2, -0.15) is 16.8 Å². The summed E-state index contributed by atoms with van der Waals surface area (Å²) in [4.78, 5) is -0.659. The number of benzene rings is 2. The van der Waals surface area contributed by atoms with E-state index in [9.17, 15) is 16.8 Å². The van der Waals surface area contributed by atoms with Crippen LogP contribution in [0.2, 0.25) is 0 Å². The van der Waals surface area contributed by atoms with Gasteiger partial charge in [0.1, 0.15) is 4.90 Å². The minimum Gasteiger partial charge on any atom is -0.377 e. The molecule has 1 aliphatic heterocycles. The number of para-hydroxylation sites is 1. The van der Waals surface area contributed by atoms with E-state index in [-0.39, 0.29) is 21.3 Å². The van der Waals surface area contributed by atoms with E-state index >= 15 is 0 Å². The summed E-state index contributed by atoms with van der Waals surface area (Å²) in [5.41, 5.74) is 0. The van der Waals surface area contributed by atoms with E-state index in [1.54, 1.807) is 0 Å². The van der Waals surface area contributed by atoms with E-state index in [0.29, 0.717) is 7.14 Å². The minimum atomic E-state index is -4.20. The van der Waals surface area contributed by atoms with E-state index in [2.05, 4.69) is 0 Å². The summed E-state index contributed by atoms with van der Waals surface area (Å²) >= 11 is 3.90. The topological polar surface area (TPSA) is 86.7 Å². The van der Waals surface area contributed by atoms with Crippen molar-refractivity contribution in [2.75, 3.05) is 0 Å². The molecule has 0 spiro atoms. The Balaban J connectivity index is 2.35. The molecule has 0 fully saturated rings. The molecule has 116 valence electrons. The Hall–Kier alpha value is -0.600. The Morgan fingerprint density at radius 3 is 2.00 bits per heavy atom. The van der Waals surface area contributed by atoms with Gasteiger partial charge in [0.25, 0.3) is 0 Å². The van der Waals surface area contributed by atoms with Gasteiger partial charge in [-0.1, -0.05) is 12.1 Å². The van der Waals surface area contributed by atoms with Crippen LogP contribution >= 0.6 is 45.2 Å². The minimum absolute atomic E-state index is 0.278. The molecule has 0 saturated carbocycles. The smallest absolute Gasteiger partial charge is 0.343 e. The number of hydrogen-bond donors (Lipinski definition) is 0. The van der Waals surface area contributed by atoms with Crippen LogP contribution in [0, 0.1) is 7.14 Å². The summed E-state index contributed by atoms with van der Waals surface area (Å²) in [6.07, 6.45) is 0. The zero-order chi connectivity index (χ0) is 16.1. The largest absolute Gasteiger partial charge is 0.377 e. The second-order valence-electron chi connectivity index (χ2n) is 4.23. The summed E-state index contributed by atoms with van der Waals surface area (Å²) in [7, 11) is -8.39. The molecule has 6 nitrogen and oxygen atoms in total. The maximum absolute atomic E-state index is 12.4. The molecule has 1 aliphatic rings. The monoisotopic (exact) mass is 564 g/mol. The Bertz CT molecular complexity index is 983. The summed E-state index contributed by atoms with van der Waals surface area (Å²) < 4.78 is 60.7. The second-order valence-corrected chi connectivity index (χ2v) is 9.59. The third-order valence-electron chi connectivity index (χ3n) is 2.77. The SMILES string of the molecule is O=S1(=O)Oc2cc(I)c(I)cc2S(=O)(=O)Oc2ccccc21. The molecule has 0 aliphatic carbocycles. The van der Waals surface area contributed by atoms with Crippen LogP contribution in [0.3, 0.4) is 0 Å². The highest BCUT2D eigenvalue weighted by atomic mass is 127. The van der Waals surface area contributed by atoms with E-state index in [1.165, 1.54) is 36.4 Å². The second kappa shape index (κ2) is 5.49. The fourth-order valence-corrected chi connectivity index (χ4v) is 5.19.